The lowest BCUT2D eigenvalue weighted by atomic mass is 10.2. The van der Waals surface area contributed by atoms with Crippen LogP contribution in [0.5, 0.6) is 0 Å². The van der Waals surface area contributed by atoms with E-state index in [9.17, 15) is 14.7 Å². The number of rotatable bonds is 7. The van der Waals surface area contributed by atoms with Gasteiger partial charge in [0.15, 0.2) is 0 Å². The molecule has 0 spiro atoms. The number of aromatic nitrogens is 1. The molecule has 1 atom stereocenters. The molecule has 98 valence electrons. The van der Waals surface area contributed by atoms with Crippen molar-refractivity contribution in [3.8, 4) is 0 Å². The van der Waals surface area contributed by atoms with Gasteiger partial charge in [-0.15, -0.1) is 0 Å². The van der Waals surface area contributed by atoms with Gasteiger partial charge in [-0.05, 0) is 18.6 Å². The number of carboxylic acid groups (broad SMARTS) is 1. The lowest BCUT2D eigenvalue weighted by molar-refractivity contribution is -0.682. The summed E-state index contributed by atoms with van der Waals surface area (Å²) in [7, 11) is 0. The summed E-state index contributed by atoms with van der Waals surface area (Å²) in [5, 5.41) is 15.1. The van der Waals surface area contributed by atoms with Crippen LogP contribution in [0.2, 0.25) is 0 Å². The predicted octanol–water partition coefficient (Wildman–Crippen LogP) is -1.50. The van der Waals surface area contributed by atoms with Gasteiger partial charge in [0.1, 0.15) is 6.04 Å². The molecule has 1 aromatic rings. The summed E-state index contributed by atoms with van der Waals surface area (Å²) < 4.78 is 0. The molecule has 0 aromatic carbocycles. The maximum absolute atomic E-state index is 11.6. The Kier molecular flexibility index (Phi) is 5.79. The van der Waals surface area contributed by atoms with Gasteiger partial charge in [-0.3, -0.25) is 9.78 Å². The average molecular weight is 251 g/mol. The summed E-state index contributed by atoms with van der Waals surface area (Å²) in [6.07, 6.45) is 3.82. The van der Waals surface area contributed by atoms with E-state index in [1.165, 1.54) is 6.20 Å². The Balaban J connectivity index is 2.48. The highest BCUT2D eigenvalue weighted by molar-refractivity contribution is 5.93. The second-order valence-corrected chi connectivity index (χ2v) is 3.94. The Hall–Kier alpha value is -1.95. The van der Waals surface area contributed by atoms with Gasteiger partial charge in [-0.1, -0.05) is 6.92 Å². The number of amides is 1. The molecule has 1 rings (SSSR count). The van der Waals surface area contributed by atoms with E-state index in [2.05, 4.69) is 10.3 Å². The zero-order valence-corrected chi connectivity index (χ0v) is 10.3. The zero-order chi connectivity index (χ0) is 13.4. The number of carbonyl (C=O) groups excluding carboxylic acids is 2. The minimum atomic E-state index is -1.22. The first-order valence-electron chi connectivity index (χ1n) is 5.87. The summed E-state index contributed by atoms with van der Waals surface area (Å²) in [4.78, 5) is 26.3. The number of carboxylic acids is 1. The summed E-state index contributed by atoms with van der Waals surface area (Å²) >= 11 is 0. The van der Waals surface area contributed by atoms with Crippen molar-refractivity contribution in [1.82, 2.24) is 4.98 Å². The van der Waals surface area contributed by atoms with Crippen LogP contribution in [0.15, 0.2) is 24.5 Å². The van der Waals surface area contributed by atoms with E-state index in [0.29, 0.717) is 12.2 Å². The molecule has 0 fully saturated rings. The number of aliphatic carboxylic acids is 1. The molecule has 1 heterocycles. The first kappa shape index (κ1) is 14.1. The van der Waals surface area contributed by atoms with Gasteiger partial charge in [0.05, 0.1) is 30.8 Å². The van der Waals surface area contributed by atoms with Gasteiger partial charge in [0.2, 0.25) is 5.91 Å². The van der Waals surface area contributed by atoms with Crippen LogP contribution in [-0.4, -0.2) is 29.4 Å². The van der Waals surface area contributed by atoms with Crippen molar-refractivity contribution in [3.05, 3.63) is 24.5 Å². The molecule has 0 saturated carbocycles. The minimum absolute atomic E-state index is 0.114. The number of hydrogen-bond donors (Lipinski definition) is 2. The standard InChI is InChI=1S/C12H17N3O3/c1-2-5-14-10(12(17)18)7-11(16)15-9-4-3-6-13-8-9/h3-4,6,8,10,14H,2,5,7H2,1H3,(H,15,16)(H,17,18)/t10-/m1/s1. The quantitative estimate of drug-likeness (QED) is 0.616. The number of nitrogens with zero attached hydrogens (tertiary/aromatic N) is 1. The average Bonchev–Trinajstić information content (AvgIpc) is 2.35. The van der Waals surface area contributed by atoms with Crippen LogP contribution in [0.1, 0.15) is 19.8 Å². The fourth-order valence-electron chi connectivity index (χ4n) is 1.48. The van der Waals surface area contributed by atoms with Gasteiger partial charge in [-0.2, -0.15) is 0 Å². The third-order valence-electron chi connectivity index (χ3n) is 2.39. The molecule has 0 bridgehead atoms. The van der Waals surface area contributed by atoms with Crippen LogP contribution in [0.3, 0.4) is 0 Å². The molecule has 0 aliphatic heterocycles. The largest absolute Gasteiger partial charge is 0.544 e. The molecule has 0 unspecified atom stereocenters. The van der Waals surface area contributed by atoms with Crippen LogP contribution in [-0.2, 0) is 9.59 Å². The van der Waals surface area contributed by atoms with E-state index >= 15 is 0 Å². The summed E-state index contributed by atoms with van der Waals surface area (Å²) in [5.41, 5.74) is 0.551. The Labute approximate surface area is 105 Å². The van der Waals surface area contributed by atoms with Crippen LogP contribution >= 0.6 is 0 Å². The molecular weight excluding hydrogens is 234 g/mol. The van der Waals surface area contributed by atoms with E-state index in [1.807, 2.05) is 6.92 Å². The fraction of sp³-hybridized carbons (Fsp3) is 0.417. The van der Waals surface area contributed by atoms with E-state index in [0.717, 1.165) is 6.42 Å². The van der Waals surface area contributed by atoms with E-state index in [4.69, 9.17) is 0 Å². The topological polar surface area (TPSA) is 98.7 Å². The van der Waals surface area contributed by atoms with Crippen LogP contribution in [0.4, 0.5) is 5.69 Å². The molecule has 0 aliphatic carbocycles. The van der Waals surface area contributed by atoms with Crippen LogP contribution < -0.4 is 15.7 Å². The van der Waals surface area contributed by atoms with Crippen LogP contribution in [0, 0.1) is 0 Å². The molecule has 6 heteroatoms. The number of pyridine rings is 1. The molecule has 0 aliphatic rings. The second-order valence-electron chi connectivity index (χ2n) is 3.94. The predicted molar refractivity (Wildman–Crippen MR) is 63.4 cm³/mol. The lowest BCUT2D eigenvalue weighted by Gasteiger charge is -2.15. The van der Waals surface area contributed by atoms with Gasteiger partial charge < -0.3 is 20.5 Å². The fourth-order valence-corrected chi connectivity index (χ4v) is 1.48. The number of carbonyl (C=O) groups is 2. The van der Waals surface area contributed by atoms with Crippen molar-refractivity contribution in [1.29, 1.82) is 0 Å². The minimum Gasteiger partial charge on any atom is -0.544 e. The number of quaternary nitrogens is 1. The highest BCUT2D eigenvalue weighted by Gasteiger charge is 2.17. The third kappa shape index (κ3) is 4.92. The van der Waals surface area contributed by atoms with Gasteiger partial charge >= 0.3 is 0 Å². The van der Waals surface area contributed by atoms with Gasteiger partial charge in [0, 0.05) is 6.20 Å². The highest BCUT2D eigenvalue weighted by Crippen LogP contribution is 2.03. The molecule has 6 nitrogen and oxygen atoms in total. The van der Waals surface area contributed by atoms with Crippen molar-refractivity contribution >= 4 is 17.6 Å². The number of hydrogen-bond acceptors (Lipinski definition) is 4. The number of anilines is 1. The molecule has 1 aromatic heterocycles. The normalized spacial score (nSPS) is 11.8. The van der Waals surface area contributed by atoms with Crippen molar-refractivity contribution < 1.29 is 20.0 Å². The summed E-state index contributed by atoms with van der Waals surface area (Å²) in [6, 6.07) is 2.53. The number of nitrogens with two attached hydrogens (primary N) is 1. The van der Waals surface area contributed by atoms with Crippen molar-refractivity contribution in [2.75, 3.05) is 11.9 Å². The molecule has 18 heavy (non-hydrogen) atoms. The van der Waals surface area contributed by atoms with E-state index < -0.39 is 12.0 Å². The van der Waals surface area contributed by atoms with Crippen molar-refractivity contribution in [2.45, 2.75) is 25.8 Å². The molecule has 0 saturated heterocycles. The summed E-state index contributed by atoms with van der Waals surface area (Å²) in [6.45, 7) is 2.59. The molecule has 0 radical (unpaired) electrons. The van der Waals surface area contributed by atoms with E-state index in [-0.39, 0.29) is 12.3 Å². The molecular formula is C12H17N3O3. The monoisotopic (exact) mass is 251 g/mol. The second kappa shape index (κ2) is 7.39. The number of nitrogens with one attached hydrogen (secondary N) is 1. The first-order chi connectivity index (χ1) is 8.63. The van der Waals surface area contributed by atoms with Gasteiger partial charge in [-0.25, -0.2) is 0 Å². The zero-order valence-electron chi connectivity index (χ0n) is 10.3. The molecule has 3 N–H and O–H groups in total. The first-order valence-corrected chi connectivity index (χ1v) is 5.87. The van der Waals surface area contributed by atoms with Gasteiger partial charge in [0.25, 0.3) is 0 Å². The van der Waals surface area contributed by atoms with Crippen molar-refractivity contribution in [2.24, 2.45) is 0 Å². The Morgan fingerprint density at radius 2 is 2.33 bits per heavy atom. The van der Waals surface area contributed by atoms with E-state index in [1.54, 1.807) is 23.6 Å². The Morgan fingerprint density at radius 3 is 2.89 bits per heavy atom. The maximum Gasteiger partial charge on any atom is 0.230 e. The maximum atomic E-state index is 11.6. The van der Waals surface area contributed by atoms with Crippen LogP contribution in [0.25, 0.3) is 0 Å². The summed E-state index contributed by atoms with van der Waals surface area (Å²) in [5.74, 6) is -1.57. The Bertz CT molecular complexity index is 395. The third-order valence-corrected chi connectivity index (χ3v) is 2.39. The van der Waals surface area contributed by atoms with Crippen molar-refractivity contribution in [3.63, 3.8) is 0 Å². The highest BCUT2D eigenvalue weighted by atomic mass is 16.4. The SMILES string of the molecule is CCC[NH2+][C@H](CC(=O)Nc1cccnc1)C(=O)[O-]. The Morgan fingerprint density at radius 1 is 1.56 bits per heavy atom. The molecule has 1 amide bonds. The lowest BCUT2D eigenvalue weighted by Crippen LogP contribution is -2.93. The smallest absolute Gasteiger partial charge is 0.230 e.